The number of aryl methyl sites for hydroxylation is 1. The molecule has 0 aliphatic heterocycles. The molecule has 0 unspecified atom stereocenters. The van der Waals surface area contributed by atoms with Crippen LogP contribution in [0.1, 0.15) is 16.2 Å². The van der Waals surface area contributed by atoms with Crippen LogP contribution in [0.3, 0.4) is 0 Å². The van der Waals surface area contributed by atoms with Crippen LogP contribution < -0.4 is 4.74 Å². The van der Waals surface area contributed by atoms with Crippen molar-refractivity contribution in [2.75, 3.05) is 0 Å². The molecule has 0 bridgehead atoms. The number of hydrogen-bond donors (Lipinski definition) is 1. The minimum Gasteiger partial charge on any atom is -0.485 e. The molecule has 0 amide bonds. The molecule has 18 heavy (non-hydrogen) atoms. The summed E-state index contributed by atoms with van der Waals surface area (Å²) in [4.78, 5) is 15.0. The second-order valence-electron chi connectivity index (χ2n) is 3.53. The third-order valence-electron chi connectivity index (χ3n) is 2.34. The third-order valence-corrected chi connectivity index (χ3v) is 2.57. The van der Waals surface area contributed by atoms with Crippen LogP contribution in [0, 0.1) is 0 Å². The van der Waals surface area contributed by atoms with E-state index in [0.29, 0.717) is 10.8 Å². The van der Waals surface area contributed by atoms with E-state index in [-0.39, 0.29) is 17.9 Å². The molecule has 1 heterocycles. The number of ether oxygens (including phenoxy) is 1. The van der Waals surface area contributed by atoms with Gasteiger partial charge in [-0.3, -0.25) is 4.68 Å². The summed E-state index contributed by atoms with van der Waals surface area (Å²) in [6.07, 6.45) is 1.40. The Kier molecular flexibility index (Phi) is 3.47. The van der Waals surface area contributed by atoms with Gasteiger partial charge in [-0.25, -0.2) is 9.78 Å². The fourth-order valence-electron chi connectivity index (χ4n) is 1.39. The van der Waals surface area contributed by atoms with Gasteiger partial charge in [-0.05, 0) is 18.2 Å². The smallest absolute Gasteiger partial charge is 0.339 e. The van der Waals surface area contributed by atoms with E-state index in [0.717, 1.165) is 0 Å². The van der Waals surface area contributed by atoms with E-state index in [4.69, 9.17) is 21.4 Å². The number of hydrogen-bond acceptors (Lipinski definition) is 4. The summed E-state index contributed by atoms with van der Waals surface area (Å²) in [5, 5.41) is 13.3. The van der Waals surface area contributed by atoms with E-state index in [2.05, 4.69) is 10.1 Å². The lowest BCUT2D eigenvalue weighted by atomic mass is 10.2. The lowest BCUT2D eigenvalue weighted by molar-refractivity contribution is 0.0691. The molecular weight excluding hydrogens is 258 g/mol. The summed E-state index contributed by atoms with van der Waals surface area (Å²) in [5.74, 6) is -0.274. The van der Waals surface area contributed by atoms with Crippen molar-refractivity contribution in [1.82, 2.24) is 14.8 Å². The average Bonchev–Trinajstić information content (AvgIpc) is 2.72. The first-order valence-corrected chi connectivity index (χ1v) is 5.44. The summed E-state index contributed by atoms with van der Waals surface area (Å²) < 4.78 is 6.96. The Morgan fingerprint density at radius 3 is 2.94 bits per heavy atom. The van der Waals surface area contributed by atoms with Crippen molar-refractivity contribution >= 4 is 17.6 Å². The van der Waals surface area contributed by atoms with Crippen molar-refractivity contribution in [3.05, 3.63) is 40.9 Å². The van der Waals surface area contributed by atoms with Gasteiger partial charge in [0.2, 0.25) is 0 Å². The van der Waals surface area contributed by atoms with Crippen LogP contribution in [-0.4, -0.2) is 25.8 Å². The number of carbonyl (C=O) groups is 1. The fraction of sp³-hybridized carbons (Fsp3) is 0.182. The predicted molar refractivity (Wildman–Crippen MR) is 63.7 cm³/mol. The average molecular weight is 268 g/mol. The van der Waals surface area contributed by atoms with Gasteiger partial charge in [0.05, 0.1) is 0 Å². The van der Waals surface area contributed by atoms with Gasteiger partial charge >= 0.3 is 5.97 Å². The van der Waals surface area contributed by atoms with Crippen molar-refractivity contribution in [2.45, 2.75) is 6.61 Å². The van der Waals surface area contributed by atoms with Crippen LogP contribution in [-0.2, 0) is 13.7 Å². The number of halogens is 1. The second kappa shape index (κ2) is 5.05. The standard InChI is InChI=1S/C11H10ClN3O3/c1-15-10(13-6-14-15)5-18-9-4-7(12)2-3-8(9)11(16)17/h2-4,6H,5H2,1H3,(H,16,17). The molecule has 94 valence electrons. The molecule has 0 aliphatic carbocycles. The third kappa shape index (κ3) is 2.60. The van der Waals surface area contributed by atoms with Crippen LogP contribution in [0.4, 0.5) is 0 Å². The Morgan fingerprint density at radius 2 is 2.33 bits per heavy atom. The number of carboxylic acids is 1. The van der Waals surface area contributed by atoms with Crippen LogP contribution in [0.25, 0.3) is 0 Å². The van der Waals surface area contributed by atoms with Crippen LogP contribution in [0.15, 0.2) is 24.5 Å². The van der Waals surface area contributed by atoms with E-state index in [1.807, 2.05) is 0 Å². The topological polar surface area (TPSA) is 77.2 Å². The van der Waals surface area contributed by atoms with Crippen molar-refractivity contribution in [3.8, 4) is 5.75 Å². The summed E-state index contributed by atoms with van der Waals surface area (Å²) in [5.41, 5.74) is 0.0570. The van der Waals surface area contributed by atoms with Gasteiger partial charge in [0, 0.05) is 12.1 Å². The Morgan fingerprint density at radius 1 is 1.56 bits per heavy atom. The number of carboxylic acid groups (broad SMARTS) is 1. The highest BCUT2D eigenvalue weighted by Crippen LogP contribution is 2.24. The second-order valence-corrected chi connectivity index (χ2v) is 3.97. The predicted octanol–water partition coefficient (Wildman–Crippen LogP) is 1.75. The van der Waals surface area contributed by atoms with E-state index >= 15 is 0 Å². The zero-order valence-electron chi connectivity index (χ0n) is 9.50. The molecule has 0 atom stereocenters. The Bertz CT molecular complexity index is 583. The molecule has 2 aromatic rings. The van der Waals surface area contributed by atoms with Crippen LogP contribution >= 0.6 is 11.6 Å². The largest absolute Gasteiger partial charge is 0.485 e. The van der Waals surface area contributed by atoms with Gasteiger partial charge in [-0.15, -0.1) is 0 Å². The van der Waals surface area contributed by atoms with Gasteiger partial charge in [-0.2, -0.15) is 5.10 Å². The molecule has 0 radical (unpaired) electrons. The first kappa shape index (κ1) is 12.4. The summed E-state index contributed by atoms with van der Waals surface area (Å²) in [6.45, 7) is 0.122. The maximum atomic E-state index is 11.0. The van der Waals surface area contributed by atoms with E-state index < -0.39 is 5.97 Å². The maximum absolute atomic E-state index is 11.0. The van der Waals surface area contributed by atoms with Gasteiger partial charge in [0.15, 0.2) is 5.82 Å². The van der Waals surface area contributed by atoms with Gasteiger partial charge in [-0.1, -0.05) is 11.6 Å². The molecule has 0 aliphatic rings. The Hall–Kier alpha value is -2.08. The summed E-state index contributed by atoms with van der Waals surface area (Å²) in [7, 11) is 1.72. The molecule has 2 rings (SSSR count). The van der Waals surface area contributed by atoms with Gasteiger partial charge in [0.25, 0.3) is 0 Å². The van der Waals surface area contributed by atoms with E-state index in [1.54, 1.807) is 11.7 Å². The Labute approximate surface area is 108 Å². The number of benzene rings is 1. The van der Waals surface area contributed by atoms with Crippen LogP contribution in [0.2, 0.25) is 5.02 Å². The quantitative estimate of drug-likeness (QED) is 0.913. The monoisotopic (exact) mass is 267 g/mol. The molecule has 0 spiro atoms. The fourth-order valence-corrected chi connectivity index (χ4v) is 1.55. The summed E-state index contributed by atoms with van der Waals surface area (Å²) in [6, 6.07) is 4.36. The minimum absolute atomic E-state index is 0.0570. The number of rotatable bonds is 4. The highest BCUT2D eigenvalue weighted by atomic mass is 35.5. The van der Waals surface area contributed by atoms with Crippen LogP contribution in [0.5, 0.6) is 5.75 Å². The molecule has 0 saturated heterocycles. The number of aromatic nitrogens is 3. The molecule has 6 nitrogen and oxygen atoms in total. The summed E-state index contributed by atoms with van der Waals surface area (Å²) >= 11 is 5.81. The molecule has 0 saturated carbocycles. The van der Waals surface area contributed by atoms with E-state index in [1.165, 1.54) is 24.5 Å². The van der Waals surface area contributed by atoms with E-state index in [9.17, 15) is 4.79 Å². The SMILES string of the molecule is Cn1ncnc1COc1cc(Cl)ccc1C(=O)O. The maximum Gasteiger partial charge on any atom is 0.339 e. The lowest BCUT2D eigenvalue weighted by Crippen LogP contribution is -2.07. The molecule has 1 aromatic heterocycles. The zero-order chi connectivity index (χ0) is 13.1. The minimum atomic E-state index is -1.07. The molecule has 1 aromatic carbocycles. The van der Waals surface area contributed by atoms with Crippen molar-refractivity contribution < 1.29 is 14.6 Å². The van der Waals surface area contributed by atoms with Crippen molar-refractivity contribution in [2.24, 2.45) is 7.05 Å². The number of aromatic carboxylic acids is 1. The molecule has 0 fully saturated rings. The van der Waals surface area contributed by atoms with Gasteiger partial charge < -0.3 is 9.84 Å². The highest BCUT2D eigenvalue weighted by molar-refractivity contribution is 6.30. The molecule has 7 heteroatoms. The van der Waals surface area contributed by atoms with Crippen molar-refractivity contribution in [1.29, 1.82) is 0 Å². The molecule has 1 N–H and O–H groups in total. The first-order chi connectivity index (χ1) is 8.58. The normalized spacial score (nSPS) is 10.3. The lowest BCUT2D eigenvalue weighted by Gasteiger charge is -2.08. The zero-order valence-corrected chi connectivity index (χ0v) is 10.3. The van der Waals surface area contributed by atoms with Crippen molar-refractivity contribution in [3.63, 3.8) is 0 Å². The molecular formula is C11H10ClN3O3. The highest BCUT2D eigenvalue weighted by Gasteiger charge is 2.12. The number of nitrogens with zero attached hydrogens (tertiary/aromatic N) is 3. The first-order valence-electron chi connectivity index (χ1n) is 5.06. The Balaban J connectivity index is 2.20. The van der Waals surface area contributed by atoms with Gasteiger partial charge in [0.1, 0.15) is 24.2 Å².